The van der Waals surface area contributed by atoms with E-state index in [9.17, 15) is 4.79 Å². The number of halogens is 1. The van der Waals surface area contributed by atoms with Crippen LogP contribution in [-0.2, 0) is 4.74 Å². The average Bonchev–Trinajstić information content (AvgIpc) is 2.50. The summed E-state index contributed by atoms with van der Waals surface area (Å²) in [7, 11) is 1.29. The monoisotopic (exact) mass is 303 g/mol. The first kappa shape index (κ1) is 14.9. The van der Waals surface area contributed by atoms with Gasteiger partial charge in [0.15, 0.2) is 0 Å². The highest BCUT2D eigenvalue weighted by atomic mass is 35.5. The third-order valence-electron chi connectivity index (χ3n) is 2.73. The number of carbonyl (C=O) groups is 1. The Hall–Kier alpha value is -2.53. The van der Waals surface area contributed by atoms with Crippen LogP contribution in [0.5, 0.6) is 0 Å². The van der Waals surface area contributed by atoms with Crippen LogP contribution in [0.3, 0.4) is 0 Å². The normalized spacial score (nSPS) is 10.6. The highest BCUT2D eigenvalue weighted by Gasteiger charge is 2.14. The van der Waals surface area contributed by atoms with Gasteiger partial charge in [-0.25, -0.2) is 4.79 Å². The van der Waals surface area contributed by atoms with Gasteiger partial charge in [-0.15, -0.1) is 0 Å². The fraction of sp³-hybridized carbons (Fsp3) is 0.0667. The predicted molar refractivity (Wildman–Crippen MR) is 84.8 cm³/mol. The van der Waals surface area contributed by atoms with Crippen molar-refractivity contribution in [1.82, 2.24) is 0 Å². The summed E-state index contributed by atoms with van der Waals surface area (Å²) in [4.78, 5) is 11.8. The van der Waals surface area contributed by atoms with Crippen LogP contribution in [0.4, 0.5) is 16.2 Å². The van der Waals surface area contributed by atoms with Crippen molar-refractivity contribution in [3.8, 4) is 0 Å². The van der Waals surface area contributed by atoms with E-state index in [4.69, 9.17) is 22.1 Å². The zero-order valence-corrected chi connectivity index (χ0v) is 12.1. The Labute approximate surface area is 127 Å². The number of nitrogens with zero attached hydrogens (tertiary/aromatic N) is 2. The van der Waals surface area contributed by atoms with Crippen molar-refractivity contribution in [3.63, 3.8) is 0 Å². The molecular weight excluding hydrogens is 290 g/mol. The number of nitrogen functional groups attached to an aromatic ring is 1. The molecule has 0 aliphatic heterocycles. The van der Waals surface area contributed by atoms with E-state index in [0.29, 0.717) is 22.0 Å². The van der Waals surface area contributed by atoms with Crippen LogP contribution >= 0.6 is 11.6 Å². The summed E-state index contributed by atoms with van der Waals surface area (Å²) in [5.41, 5.74) is 7.65. The zero-order chi connectivity index (χ0) is 15.2. The summed E-state index contributed by atoms with van der Waals surface area (Å²) in [6.07, 6.45) is 0.893. The van der Waals surface area contributed by atoms with E-state index in [1.807, 2.05) is 12.1 Å². The maximum absolute atomic E-state index is 11.8. The van der Waals surface area contributed by atoms with Crippen LogP contribution in [0.25, 0.3) is 0 Å². The molecule has 0 atom stereocenters. The minimum atomic E-state index is -0.608. The Morgan fingerprint density at radius 1 is 1.24 bits per heavy atom. The van der Waals surface area contributed by atoms with Crippen LogP contribution < -0.4 is 10.7 Å². The van der Waals surface area contributed by atoms with Gasteiger partial charge in [-0.1, -0.05) is 29.8 Å². The second-order valence-corrected chi connectivity index (χ2v) is 4.57. The van der Waals surface area contributed by atoms with E-state index in [2.05, 4.69) is 5.10 Å². The number of ether oxygens (including phenoxy) is 1. The second-order valence-electron chi connectivity index (χ2n) is 4.13. The van der Waals surface area contributed by atoms with Crippen LogP contribution in [0.2, 0.25) is 5.02 Å². The van der Waals surface area contributed by atoms with Crippen molar-refractivity contribution in [2.45, 2.75) is 0 Å². The van der Waals surface area contributed by atoms with E-state index < -0.39 is 6.09 Å². The third-order valence-corrected chi connectivity index (χ3v) is 2.98. The molecule has 0 spiro atoms. The fourth-order valence-corrected chi connectivity index (χ4v) is 1.76. The standard InChI is InChI=1S/C15H14ClN3O2/c1-21-15(20)19(13-8-6-12(16)7-9-13)18-10-11-4-2-3-5-14(11)17/h2-10H,17H2,1H3. The number of nitrogens with two attached hydrogens (primary N) is 1. The highest BCUT2D eigenvalue weighted by Crippen LogP contribution is 2.19. The molecule has 5 nitrogen and oxygen atoms in total. The molecule has 0 unspecified atom stereocenters. The number of hydrogen-bond acceptors (Lipinski definition) is 4. The Bertz CT molecular complexity index is 656. The topological polar surface area (TPSA) is 67.9 Å². The first-order valence-electron chi connectivity index (χ1n) is 6.14. The molecule has 0 saturated carbocycles. The molecule has 0 radical (unpaired) electrons. The summed E-state index contributed by atoms with van der Waals surface area (Å²) in [6, 6.07) is 13.9. The number of para-hydroxylation sites is 1. The highest BCUT2D eigenvalue weighted by molar-refractivity contribution is 6.30. The maximum atomic E-state index is 11.8. The second kappa shape index (κ2) is 6.76. The summed E-state index contributed by atoms with van der Waals surface area (Å²) in [5, 5.41) is 5.83. The lowest BCUT2D eigenvalue weighted by molar-refractivity contribution is 0.179. The van der Waals surface area contributed by atoms with Crippen LogP contribution in [0.15, 0.2) is 53.6 Å². The number of rotatable bonds is 3. The predicted octanol–water partition coefficient (Wildman–Crippen LogP) is 3.53. The lowest BCUT2D eigenvalue weighted by Gasteiger charge is -2.15. The van der Waals surface area contributed by atoms with Crippen molar-refractivity contribution in [1.29, 1.82) is 0 Å². The van der Waals surface area contributed by atoms with E-state index >= 15 is 0 Å². The van der Waals surface area contributed by atoms with Gasteiger partial charge in [0.05, 0.1) is 19.0 Å². The molecule has 0 aromatic heterocycles. The van der Waals surface area contributed by atoms with Gasteiger partial charge in [-0.2, -0.15) is 10.1 Å². The molecule has 6 heteroatoms. The Morgan fingerprint density at radius 2 is 1.90 bits per heavy atom. The molecule has 0 saturated heterocycles. The number of anilines is 2. The fourth-order valence-electron chi connectivity index (χ4n) is 1.64. The Balaban J connectivity index is 2.31. The molecular formula is C15H14ClN3O2. The summed E-state index contributed by atoms with van der Waals surface area (Å²) < 4.78 is 4.72. The molecule has 2 rings (SSSR count). The van der Waals surface area contributed by atoms with Gasteiger partial charge in [0.2, 0.25) is 0 Å². The number of amides is 1. The average molecular weight is 304 g/mol. The number of benzene rings is 2. The van der Waals surface area contributed by atoms with Gasteiger partial charge in [-0.05, 0) is 30.3 Å². The first-order chi connectivity index (χ1) is 10.1. The molecule has 2 N–H and O–H groups in total. The SMILES string of the molecule is COC(=O)N(N=Cc1ccccc1N)c1ccc(Cl)cc1. The minimum absolute atomic E-state index is 0.539. The molecule has 108 valence electrons. The lowest BCUT2D eigenvalue weighted by atomic mass is 10.2. The van der Waals surface area contributed by atoms with Crippen molar-refractivity contribution >= 4 is 35.3 Å². The maximum Gasteiger partial charge on any atom is 0.434 e. The van der Waals surface area contributed by atoms with E-state index in [-0.39, 0.29) is 0 Å². The lowest BCUT2D eigenvalue weighted by Crippen LogP contribution is -2.25. The number of hydrogen-bond donors (Lipinski definition) is 1. The van der Waals surface area contributed by atoms with E-state index in [1.165, 1.54) is 13.3 Å². The number of methoxy groups -OCH3 is 1. The largest absolute Gasteiger partial charge is 0.451 e. The molecule has 0 aliphatic carbocycles. The molecule has 0 heterocycles. The summed E-state index contributed by atoms with van der Waals surface area (Å²) in [6.45, 7) is 0. The quantitative estimate of drug-likeness (QED) is 0.536. The van der Waals surface area contributed by atoms with Crippen LogP contribution in [-0.4, -0.2) is 19.4 Å². The molecule has 2 aromatic rings. The van der Waals surface area contributed by atoms with E-state index in [0.717, 1.165) is 5.01 Å². The molecule has 21 heavy (non-hydrogen) atoms. The van der Waals surface area contributed by atoms with Gasteiger partial charge in [0, 0.05) is 16.3 Å². The number of carbonyl (C=O) groups excluding carboxylic acids is 1. The van der Waals surface area contributed by atoms with Gasteiger partial charge in [-0.3, -0.25) is 0 Å². The number of hydrazone groups is 1. The summed E-state index contributed by atoms with van der Waals surface area (Å²) in [5.74, 6) is 0. The van der Waals surface area contributed by atoms with Crippen LogP contribution in [0, 0.1) is 0 Å². The smallest absolute Gasteiger partial charge is 0.434 e. The molecule has 0 aliphatic rings. The van der Waals surface area contributed by atoms with Crippen molar-refractivity contribution in [2.24, 2.45) is 5.10 Å². The molecule has 0 bridgehead atoms. The molecule has 0 fully saturated rings. The van der Waals surface area contributed by atoms with Gasteiger partial charge >= 0.3 is 6.09 Å². The molecule has 2 aromatic carbocycles. The third kappa shape index (κ3) is 3.73. The Kier molecular flexibility index (Phi) is 4.79. The van der Waals surface area contributed by atoms with Crippen molar-refractivity contribution in [3.05, 3.63) is 59.1 Å². The van der Waals surface area contributed by atoms with Gasteiger partial charge in [0.1, 0.15) is 0 Å². The molecule has 1 amide bonds. The minimum Gasteiger partial charge on any atom is -0.451 e. The van der Waals surface area contributed by atoms with E-state index in [1.54, 1.807) is 36.4 Å². The first-order valence-corrected chi connectivity index (χ1v) is 6.51. The van der Waals surface area contributed by atoms with Gasteiger partial charge < -0.3 is 10.5 Å². The zero-order valence-electron chi connectivity index (χ0n) is 11.4. The van der Waals surface area contributed by atoms with Crippen molar-refractivity contribution < 1.29 is 9.53 Å². The Morgan fingerprint density at radius 3 is 2.52 bits per heavy atom. The van der Waals surface area contributed by atoms with Crippen molar-refractivity contribution in [2.75, 3.05) is 17.9 Å². The summed E-state index contributed by atoms with van der Waals surface area (Å²) >= 11 is 5.83. The van der Waals surface area contributed by atoms with Gasteiger partial charge in [0.25, 0.3) is 0 Å². The van der Waals surface area contributed by atoms with Crippen LogP contribution in [0.1, 0.15) is 5.56 Å².